The quantitative estimate of drug-likeness (QED) is 0.542. The van der Waals surface area contributed by atoms with E-state index in [-0.39, 0.29) is 17.0 Å². The molecule has 2 heterocycles. The van der Waals surface area contributed by atoms with Gasteiger partial charge in [0.1, 0.15) is 5.25 Å². The minimum Gasteiger partial charge on any atom is -0.380 e. The first-order chi connectivity index (χ1) is 5.70. The second-order valence-corrected chi connectivity index (χ2v) is 5.67. The zero-order valence-corrected chi connectivity index (χ0v) is 7.64. The van der Waals surface area contributed by atoms with Crippen molar-refractivity contribution in [1.29, 1.82) is 0 Å². The Morgan fingerprint density at radius 3 is 3.00 bits per heavy atom. The topological polar surface area (TPSA) is 55.4 Å². The molecule has 2 saturated heterocycles. The summed E-state index contributed by atoms with van der Waals surface area (Å²) in [7, 11) is -2.87. The van der Waals surface area contributed by atoms with Gasteiger partial charge in [-0.2, -0.15) is 0 Å². The van der Waals surface area contributed by atoms with Crippen molar-refractivity contribution in [2.75, 3.05) is 25.5 Å². The Kier molecular flexibility index (Phi) is 2.10. The minimum atomic E-state index is -2.87. The number of hydrogen-bond donors (Lipinski definition) is 1. The lowest BCUT2D eigenvalue weighted by Gasteiger charge is -2.35. The molecule has 2 rings (SSSR count). The summed E-state index contributed by atoms with van der Waals surface area (Å²) in [6.07, 6.45) is 0.823. The first-order valence-corrected chi connectivity index (χ1v) is 5.94. The molecule has 0 aliphatic carbocycles. The van der Waals surface area contributed by atoms with Crippen molar-refractivity contribution in [3.63, 3.8) is 0 Å². The van der Waals surface area contributed by atoms with Gasteiger partial charge in [-0.15, -0.1) is 0 Å². The Hall–Kier alpha value is -0.130. The van der Waals surface area contributed by atoms with Crippen LogP contribution in [0.1, 0.15) is 6.42 Å². The van der Waals surface area contributed by atoms with Gasteiger partial charge in [0.05, 0.1) is 12.4 Å². The number of rotatable bonds is 0. The van der Waals surface area contributed by atoms with Gasteiger partial charge in [0, 0.05) is 19.2 Å². The first-order valence-electron chi connectivity index (χ1n) is 4.23. The Bertz CT molecular complexity index is 260. The van der Waals surface area contributed by atoms with Crippen molar-refractivity contribution < 1.29 is 13.2 Å². The van der Waals surface area contributed by atoms with Crippen LogP contribution < -0.4 is 5.32 Å². The summed E-state index contributed by atoms with van der Waals surface area (Å²) < 4.78 is 28.1. The number of fused-ring (bicyclic) bond motifs is 1. The third kappa shape index (κ3) is 1.36. The van der Waals surface area contributed by atoms with E-state index < -0.39 is 9.84 Å². The molecule has 1 N–H and O–H groups in total. The van der Waals surface area contributed by atoms with Crippen molar-refractivity contribution in [2.24, 2.45) is 0 Å². The van der Waals surface area contributed by atoms with Gasteiger partial charge in [-0.05, 0) is 6.42 Å². The molecule has 0 aromatic carbocycles. The monoisotopic (exact) mass is 191 g/mol. The molecule has 0 aromatic rings. The standard InChI is InChI=1S/C7H13NO3S/c9-12(10)4-2-8-6-1-3-11-5-7(6)12/h6-8H,1-5H2/t6-,7-/m1/s1. The van der Waals surface area contributed by atoms with Gasteiger partial charge in [-0.3, -0.25) is 0 Å². The lowest BCUT2D eigenvalue weighted by Crippen LogP contribution is -2.56. The van der Waals surface area contributed by atoms with E-state index in [0.717, 1.165) is 6.42 Å². The number of hydrogen-bond acceptors (Lipinski definition) is 4. The smallest absolute Gasteiger partial charge is 0.158 e. The van der Waals surface area contributed by atoms with Crippen LogP contribution in [0.3, 0.4) is 0 Å². The van der Waals surface area contributed by atoms with Crippen LogP contribution in [0.4, 0.5) is 0 Å². The molecule has 0 unspecified atom stereocenters. The zero-order valence-electron chi connectivity index (χ0n) is 6.82. The molecule has 70 valence electrons. The van der Waals surface area contributed by atoms with Gasteiger partial charge in [0.2, 0.25) is 0 Å². The van der Waals surface area contributed by atoms with E-state index in [1.165, 1.54) is 0 Å². The van der Waals surface area contributed by atoms with Crippen molar-refractivity contribution in [3.05, 3.63) is 0 Å². The van der Waals surface area contributed by atoms with Crippen molar-refractivity contribution in [1.82, 2.24) is 5.32 Å². The fraction of sp³-hybridized carbons (Fsp3) is 1.00. The number of ether oxygens (including phenoxy) is 1. The fourth-order valence-electron chi connectivity index (χ4n) is 1.84. The lowest BCUT2D eigenvalue weighted by atomic mass is 10.1. The van der Waals surface area contributed by atoms with Gasteiger partial charge in [-0.1, -0.05) is 0 Å². The maximum Gasteiger partial charge on any atom is 0.158 e. The zero-order chi connectivity index (χ0) is 8.60. The van der Waals surface area contributed by atoms with Gasteiger partial charge in [-0.25, -0.2) is 8.42 Å². The second-order valence-electron chi connectivity index (χ2n) is 3.33. The largest absolute Gasteiger partial charge is 0.380 e. The highest BCUT2D eigenvalue weighted by Gasteiger charge is 2.38. The normalized spacial score (nSPS) is 40.3. The Balaban J connectivity index is 2.20. The van der Waals surface area contributed by atoms with Crippen LogP contribution in [-0.2, 0) is 14.6 Å². The Morgan fingerprint density at radius 1 is 1.42 bits per heavy atom. The van der Waals surface area contributed by atoms with E-state index in [1.54, 1.807) is 0 Å². The average molecular weight is 191 g/mol. The maximum atomic E-state index is 11.5. The number of sulfone groups is 1. The van der Waals surface area contributed by atoms with Crippen LogP contribution in [0.25, 0.3) is 0 Å². The van der Waals surface area contributed by atoms with E-state index in [0.29, 0.717) is 19.8 Å². The molecule has 2 aliphatic heterocycles. The summed E-state index contributed by atoms with van der Waals surface area (Å²) in [4.78, 5) is 0. The fourth-order valence-corrected chi connectivity index (χ4v) is 3.58. The highest BCUT2D eigenvalue weighted by Crippen LogP contribution is 2.19. The van der Waals surface area contributed by atoms with Crippen LogP contribution in [0, 0.1) is 0 Å². The predicted octanol–water partition coefficient (Wildman–Crippen LogP) is -0.838. The maximum absolute atomic E-state index is 11.5. The highest BCUT2D eigenvalue weighted by molar-refractivity contribution is 7.92. The summed E-state index contributed by atoms with van der Waals surface area (Å²) in [5, 5.41) is 2.93. The molecule has 2 atom stereocenters. The summed E-state index contributed by atoms with van der Waals surface area (Å²) in [6, 6.07) is 0.137. The predicted molar refractivity (Wildman–Crippen MR) is 44.8 cm³/mol. The molecule has 0 spiro atoms. The SMILES string of the molecule is O=S1(=O)CCN[C@@H]2CCOC[C@H]21. The summed E-state index contributed by atoms with van der Waals surface area (Å²) in [6.45, 7) is 1.66. The molecular formula is C7H13NO3S. The van der Waals surface area contributed by atoms with Gasteiger partial charge in [0.25, 0.3) is 0 Å². The third-order valence-electron chi connectivity index (χ3n) is 2.56. The van der Waals surface area contributed by atoms with Crippen molar-refractivity contribution >= 4 is 9.84 Å². The van der Waals surface area contributed by atoms with E-state index >= 15 is 0 Å². The molecule has 0 amide bonds. The van der Waals surface area contributed by atoms with Gasteiger partial charge >= 0.3 is 0 Å². The van der Waals surface area contributed by atoms with E-state index in [2.05, 4.69) is 5.32 Å². The van der Waals surface area contributed by atoms with Gasteiger partial charge < -0.3 is 10.1 Å². The molecule has 4 nitrogen and oxygen atoms in total. The van der Waals surface area contributed by atoms with Crippen LogP contribution in [-0.4, -0.2) is 45.2 Å². The Labute approximate surface area is 72.2 Å². The molecule has 5 heteroatoms. The second kappa shape index (κ2) is 2.97. The Morgan fingerprint density at radius 2 is 2.25 bits per heavy atom. The van der Waals surface area contributed by atoms with Crippen LogP contribution in [0.2, 0.25) is 0 Å². The summed E-state index contributed by atoms with van der Waals surface area (Å²) in [5.74, 6) is 0.261. The molecule has 0 radical (unpaired) electrons. The van der Waals surface area contributed by atoms with Crippen LogP contribution in [0.5, 0.6) is 0 Å². The van der Waals surface area contributed by atoms with Gasteiger partial charge in [0.15, 0.2) is 9.84 Å². The molecule has 2 aliphatic rings. The van der Waals surface area contributed by atoms with E-state index in [1.807, 2.05) is 0 Å². The molecular weight excluding hydrogens is 178 g/mol. The summed E-state index contributed by atoms with van der Waals surface area (Å²) >= 11 is 0. The number of nitrogens with one attached hydrogen (secondary N) is 1. The lowest BCUT2D eigenvalue weighted by molar-refractivity contribution is 0.0791. The highest BCUT2D eigenvalue weighted by atomic mass is 32.2. The van der Waals surface area contributed by atoms with Crippen LogP contribution in [0.15, 0.2) is 0 Å². The minimum absolute atomic E-state index is 0.137. The molecule has 2 fully saturated rings. The first kappa shape index (κ1) is 8.47. The molecule has 12 heavy (non-hydrogen) atoms. The van der Waals surface area contributed by atoms with Crippen molar-refractivity contribution in [3.8, 4) is 0 Å². The third-order valence-corrected chi connectivity index (χ3v) is 4.72. The molecule has 0 saturated carbocycles. The van der Waals surface area contributed by atoms with Crippen LogP contribution >= 0.6 is 0 Å². The van der Waals surface area contributed by atoms with E-state index in [9.17, 15) is 8.42 Å². The summed E-state index contributed by atoms with van der Waals surface area (Å²) in [5.41, 5.74) is 0. The van der Waals surface area contributed by atoms with Crippen molar-refractivity contribution in [2.45, 2.75) is 17.7 Å². The average Bonchev–Trinajstić information content (AvgIpc) is 2.04. The molecule has 0 bridgehead atoms. The molecule has 0 aromatic heterocycles. The van der Waals surface area contributed by atoms with E-state index in [4.69, 9.17) is 4.74 Å².